The van der Waals surface area contributed by atoms with Crippen LogP contribution in [-0.4, -0.2) is 31.8 Å². The Morgan fingerprint density at radius 1 is 0.875 bits per heavy atom. The van der Waals surface area contributed by atoms with Crippen LogP contribution in [0.1, 0.15) is 34.3 Å². The van der Waals surface area contributed by atoms with Crippen molar-refractivity contribution >= 4 is 29.4 Å². The lowest BCUT2D eigenvalue weighted by molar-refractivity contribution is -0.185. The van der Waals surface area contributed by atoms with E-state index in [4.69, 9.17) is 35.7 Å². The maximum Gasteiger partial charge on any atom is 0.426 e. The number of anilines is 2. The second-order valence-corrected chi connectivity index (χ2v) is 8.35. The third-order valence-corrected chi connectivity index (χ3v) is 5.20. The zero-order chi connectivity index (χ0) is 29.0. The van der Waals surface area contributed by atoms with Gasteiger partial charge in [0, 0.05) is 23.9 Å². The van der Waals surface area contributed by atoms with Gasteiger partial charge >= 0.3 is 18.0 Å². The number of halogens is 2. The molecule has 11 heteroatoms. The summed E-state index contributed by atoms with van der Waals surface area (Å²) in [5.74, 6) is -1.01. The van der Waals surface area contributed by atoms with E-state index in [9.17, 15) is 18.4 Å². The molecule has 4 N–H and O–H groups in total. The van der Waals surface area contributed by atoms with E-state index in [1.165, 1.54) is 72.8 Å². The monoisotopic (exact) mass is 551 g/mol. The van der Waals surface area contributed by atoms with Crippen LogP contribution in [-0.2, 0) is 20.4 Å². The minimum Gasteiger partial charge on any atom is -0.494 e. The predicted molar refractivity (Wildman–Crippen MR) is 143 cm³/mol. The van der Waals surface area contributed by atoms with Gasteiger partial charge in [-0.1, -0.05) is 12.1 Å². The largest absolute Gasteiger partial charge is 0.494 e. The van der Waals surface area contributed by atoms with Crippen molar-refractivity contribution in [1.82, 2.24) is 0 Å². The fourth-order valence-corrected chi connectivity index (χ4v) is 3.31. The summed E-state index contributed by atoms with van der Waals surface area (Å²) in [7, 11) is 0. The molecule has 3 aromatic carbocycles. The topological polar surface area (TPSA) is 147 Å². The molecule has 3 aromatic rings. The number of ether oxygens (including phenoxy) is 4. The number of nitrogen functional groups attached to an aromatic ring is 2. The number of nitriles is 1. The number of esters is 2. The number of alkyl halides is 2. The molecule has 0 unspecified atom stereocenters. The highest BCUT2D eigenvalue weighted by molar-refractivity contribution is 5.91. The fourth-order valence-electron chi connectivity index (χ4n) is 3.31. The summed E-state index contributed by atoms with van der Waals surface area (Å²) in [4.78, 5) is 23.9. The quantitative estimate of drug-likeness (QED) is 0.128. The van der Waals surface area contributed by atoms with Crippen LogP contribution in [0.5, 0.6) is 11.5 Å². The van der Waals surface area contributed by atoms with Crippen LogP contribution in [0.3, 0.4) is 0 Å². The van der Waals surface area contributed by atoms with Gasteiger partial charge in [-0.05, 0) is 72.7 Å². The van der Waals surface area contributed by atoms with Crippen molar-refractivity contribution in [2.24, 2.45) is 0 Å². The van der Waals surface area contributed by atoms with Crippen molar-refractivity contribution in [3.63, 3.8) is 0 Å². The van der Waals surface area contributed by atoms with Crippen LogP contribution in [0, 0.1) is 11.3 Å². The van der Waals surface area contributed by atoms with Gasteiger partial charge in [-0.3, -0.25) is 0 Å². The molecule has 0 aliphatic rings. The lowest BCUT2D eigenvalue weighted by Crippen LogP contribution is -2.21. The van der Waals surface area contributed by atoms with Crippen molar-refractivity contribution < 1.29 is 37.3 Å². The van der Waals surface area contributed by atoms with E-state index >= 15 is 0 Å². The Morgan fingerprint density at radius 3 is 2.15 bits per heavy atom. The molecule has 0 aliphatic heterocycles. The van der Waals surface area contributed by atoms with Gasteiger partial charge in [0.2, 0.25) is 0 Å². The van der Waals surface area contributed by atoms with Gasteiger partial charge in [0.1, 0.15) is 24.7 Å². The summed E-state index contributed by atoms with van der Waals surface area (Å²) in [5, 5.41) is 8.52. The highest BCUT2D eigenvalue weighted by atomic mass is 19.3. The first kappa shape index (κ1) is 29.4. The third kappa shape index (κ3) is 9.33. The SMILES string of the molecule is N#CCCCOc1ccc(C(F)(F)Oc2ccc(/C=C/C(=O)OCCOC(=O)c3cc(N)cc(N)c3)cc2)cc1. The molecule has 9 nitrogen and oxygen atoms in total. The van der Waals surface area contributed by atoms with Crippen molar-refractivity contribution in [3.05, 3.63) is 89.5 Å². The molecule has 0 saturated carbocycles. The summed E-state index contributed by atoms with van der Waals surface area (Å²) in [6.45, 7) is -0.0383. The predicted octanol–water partition coefficient (Wildman–Crippen LogP) is 5.08. The number of unbranched alkanes of at least 4 members (excludes halogenated alkanes) is 1. The molecule has 3 rings (SSSR count). The first-order valence-corrected chi connectivity index (χ1v) is 12.1. The smallest absolute Gasteiger partial charge is 0.426 e. The molecule has 0 bridgehead atoms. The summed E-state index contributed by atoms with van der Waals surface area (Å²) in [5.41, 5.74) is 12.3. The number of rotatable bonds is 13. The van der Waals surface area contributed by atoms with E-state index in [2.05, 4.69) is 0 Å². The Morgan fingerprint density at radius 2 is 1.50 bits per heavy atom. The first-order chi connectivity index (χ1) is 19.2. The zero-order valence-electron chi connectivity index (χ0n) is 21.3. The van der Waals surface area contributed by atoms with Gasteiger partial charge in [-0.15, -0.1) is 0 Å². The van der Waals surface area contributed by atoms with Gasteiger partial charge in [0.05, 0.1) is 23.8 Å². The van der Waals surface area contributed by atoms with E-state index in [0.717, 1.165) is 6.08 Å². The molecular weight excluding hydrogens is 524 g/mol. The number of nitrogens with zero attached hydrogens (tertiary/aromatic N) is 1. The summed E-state index contributed by atoms with van der Waals surface area (Å²) >= 11 is 0. The van der Waals surface area contributed by atoms with Crippen molar-refractivity contribution in [2.45, 2.75) is 19.0 Å². The second-order valence-electron chi connectivity index (χ2n) is 8.35. The van der Waals surface area contributed by atoms with Crippen molar-refractivity contribution in [3.8, 4) is 17.6 Å². The van der Waals surface area contributed by atoms with E-state index in [-0.39, 0.29) is 30.1 Å². The maximum absolute atomic E-state index is 14.6. The van der Waals surface area contributed by atoms with Crippen molar-refractivity contribution in [1.29, 1.82) is 5.26 Å². The Balaban J connectivity index is 1.43. The molecule has 0 saturated heterocycles. The van der Waals surface area contributed by atoms with Crippen molar-refractivity contribution in [2.75, 3.05) is 31.3 Å². The minimum atomic E-state index is -3.59. The maximum atomic E-state index is 14.6. The molecule has 0 aromatic heterocycles. The Hall–Kier alpha value is -5.11. The average molecular weight is 552 g/mol. The molecule has 0 atom stereocenters. The summed E-state index contributed by atoms with van der Waals surface area (Å²) in [6, 6.07) is 17.2. The van der Waals surface area contributed by atoms with E-state index in [0.29, 0.717) is 42.1 Å². The number of carbonyl (C=O) groups excluding carboxylic acids is 2. The van der Waals surface area contributed by atoms with Crippen LogP contribution in [0.2, 0.25) is 0 Å². The highest BCUT2D eigenvalue weighted by Crippen LogP contribution is 2.32. The fraction of sp³-hybridized carbons (Fsp3) is 0.207. The van der Waals surface area contributed by atoms with Crippen LogP contribution in [0.4, 0.5) is 20.2 Å². The first-order valence-electron chi connectivity index (χ1n) is 12.1. The number of nitrogens with two attached hydrogens (primary N) is 2. The van der Waals surface area contributed by atoms with Crippen LogP contribution in [0.15, 0.2) is 72.8 Å². The summed E-state index contributed by atoms with van der Waals surface area (Å²) < 4.78 is 49.5. The van der Waals surface area contributed by atoms with Crippen LogP contribution < -0.4 is 20.9 Å². The number of hydrogen-bond donors (Lipinski definition) is 2. The number of hydrogen-bond acceptors (Lipinski definition) is 9. The van der Waals surface area contributed by atoms with Gasteiger partial charge in [0.15, 0.2) is 0 Å². The molecule has 0 fully saturated rings. The van der Waals surface area contributed by atoms with Gasteiger partial charge in [-0.2, -0.15) is 14.0 Å². The highest BCUT2D eigenvalue weighted by Gasteiger charge is 2.34. The van der Waals surface area contributed by atoms with Crippen LogP contribution in [0.25, 0.3) is 6.08 Å². The normalized spacial score (nSPS) is 11.0. The van der Waals surface area contributed by atoms with E-state index in [1.54, 1.807) is 0 Å². The Kier molecular flexibility index (Phi) is 10.4. The van der Waals surface area contributed by atoms with Gasteiger partial charge in [-0.25, -0.2) is 9.59 Å². The van der Waals surface area contributed by atoms with Gasteiger partial charge < -0.3 is 30.4 Å². The van der Waals surface area contributed by atoms with Crippen LogP contribution >= 0.6 is 0 Å². The molecule has 40 heavy (non-hydrogen) atoms. The molecule has 208 valence electrons. The number of carbonyl (C=O) groups is 2. The van der Waals surface area contributed by atoms with E-state index in [1.807, 2.05) is 6.07 Å². The molecule has 0 heterocycles. The molecule has 0 amide bonds. The Labute approximate surface area is 229 Å². The lowest BCUT2D eigenvalue weighted by Gasteiger charge is -2.18. The molecular formula is C29H27F2N3O6. The Bertz CT molecular complexity index is 1350. The van der Waals surface area contributed by atoms with Gasteiger partial charge in [0.25, 0.3) is 0 Å². The average Bonchev–Trinajstić information content (AvgIpc) is 2.92. The summed E-state index contributed by atoms with van der Waals surface area (Å²) in [6.07, 6.45) is -0.118. The molecule has 0 aliphatic carbocycles. The zero-order valence-corrected chi connectivity index (χ0v) is 21.3. The molecule has 0 radical (unpaired) electrons. The third-order valence-electron chi connectivity index (χ3n) is 5.20. The minimum absolute atomic E-state index is 0.0784. The standard InChI is InChI=1S/C29H27F2N3O6/c30-29(31,22-6-10-25(11-7-22)37-14-2-1-13-32)40-26-8-3-20(4-9-26)5-12-27(35)38-15-16-39-28(36)21-17-23(33)19-24(34)18-21/h3-12,17-19H,1-2,14-16,33-34H2/b12-5+. The number of benzene rings is 3. The second kappa shape index (κ2) is 14.2. The molecule has 0 spiro atoms. The lowest BCUT2D eigenvalue weighted by atomic mass is 10.2. The van der Waals surface area contributed by atoms with E-state index < -0.39 is 18.0 Å².